The molecule has 0 aliphatic rings. The molecule has 3 amide bonds. The maximum atomic E-state index is 11.4. The monoisotopic (exact) mass is 265 g/mol. The Morgan fingerprint density at radius 2 is 1.79 bits per heavy atom. The third kappa shape index (κ3) is 6.06. The van der Waals surface area contributed by atoms with Gasteiger partial charge in [-0.2, -0.15) is 0 Å². The lowest BCUT2D eigenvalue weighted by atomic mass is 10.3. The van der Waals surface area contributed by atoms with Crippen molar-refractivity contribution in [2.45, 2.75) is 13.3 Å². The average Bonchev–Trinajstić information content (AvgIpc) is 2.38. The molecule has 0 atom stereocenters. The Balaban J connectivity index is 2.27. The maximum Gasteiger partial charge on any atom is 0.337 e. The summed E-state index contributed by atoms with van der Waals surface area (Å²) >= 11 is 0. The van der Waals surface area contributed by atoms with E-state index in [1.807, 2.05) is 6.07 Å². The number of esters is 1. The largest absolute Gasteiger partial charge is 0.466 e. The van der Waals surface area contributed by atoms with Gasteiger partial charge in [-0.3, -0.25) is 15.0 Å². The van der Waals surface area contributed by atoms with Crippen molar-refractivity contribution in [1.82, 2.24) is 10.9 Å². The highest BCUT2D eigenvalue weighted by Crippen LogP contribution is 2.03. The van der Waals surface area contributed by atoms with Crippen molar-refractivity contribution in [2.75, 3.05) is 11.9 Å². The summed E-state index contributed by atoms with van der Waals surface area (Å²) < 4.78 is 4.59. The van der Waals surface area contributed by atoms with Crippen LogP contribution in [0.5, 0.6) is 0 Å². The van der Waals surface area contributed by atoms with Crippen LogP contribution in [-0.4, -0.2) is 24.5 Å². The summed E-state index contributed by atoms with van der Waals surface area (Å²) in [7, 11) is 0. The van der Waals surface area contributed by atoms with Gasteiger partial charge in [0.25, 0.3) is 0 Å². The van der Waals surface area contributed by atoms with Crippen LogP contribution in [0.4, 0.5) is 10.5 Å². The first-order valence-corrected chi connectivity index (χ1v) is 5.68. The number of nitrogens with one attached hydrogen (secondary N) is 3. The van der Waals surface area contributed by atoms with Crippen LogP contribution in [0.1, 0.15) is 13.3 Å². The number of urea groups is 1. The predicted octanol–water partition coefficient (Wildman–Crippen LogP) is 0.792. The molecule has 0 saturated carbocycles. The Morgan fingerprint density at radius 3 is 2.42 bits per heavy atom. The van der Waals surface area contributed by atoms with Crippen molar-refractivity contribution in [1.29, 1.82) is 0 Å². The summed E-state index contributed by atoms with van der Waals surface area (Å²) in [5.74, 6) is -1.30. The molecule has 0 saturated heterocycles. The van der Waals surface area contributed by atoms with Gasteiger partial charge < -0.3 is 10.1 Å². The van der Waals surface area contributed by atoms with Crippen molar-refractivity contribution in [2.24, 2.45) is 0 Å². The van der Waals surface area contributed by atoms with Crippen molar-refractivity contribution in [3.63, 3.8) is 0 Å². The molecule has 0 aliphatic carbocycles. The van der Waals surface area contributed by atoms with Gasteiger partial charge in [0.15, 0.2) is 0 Å². The number of hydrogen-bond donors (Lipinski definition) is 3. The van der Waals surface area contributed by atoms with Crippen molar-refractivity contribution in [3.8, 4) is 0 Å². The normalized spacial score (nSPS) is 9.32. The quantitative estimate of drug-likeness (QED) is 0.426. The molecule has 102 valence electrons. The summed E-state index contributed by atoms with van der Waals surface area (Å²) in [6, 6.07) is 8.11. The topological polar surface area (TPSA) is 96.5 Å². The molecule has 0 bridgehead atoms. The van der Waals surface area contributed by atoms with Gasteiger partial charge in [-0.05, 0) is 19.1 Å². The number of hydrogen-bond acceptors (Lipinski definition) is 4. The number of amides is 3. The standard InChI is InChI=1S/C12H15N3O4/c1-2-19-11(17)8-10(16)14-15-12(18)13-9-6-4-3-5-7-9/h3-7H,2,8H2,1H3,(H,14,16)(H2,13,15,18). The van der Waals surface area contributed by atoms with Gasteiger partial charge >= 0.3 is 12.0 Å². The minimum Gasteiger partial charge on any atom is -0.466 e. The zero-order valence-electron chi connectivity index (χ0n) is 10.4. The van der Waals surface area contributed by atoms with Crippen molar-refractivity contribution < 1.29 is 19.1 Å². The highest BCUT2D eigenvalue weighted by Gasteiger charge is 2.10. The molecule has 0 fully saturated rings. The summed E-state index contributed by atoms with van der Waals surface area (Å²) in [4.78, 5) is 33.6. The molecule has 7 heteroatoms. The van der Waals surface area contributed by atoms with E-state index in [2.05, 4.69) is 20.9 Å². The first kappa shape index (κ1) is 14.5. The maximum absolute atomic E-state index is 11.4. The smallest absolute Gasteiger partial charge is 0.337 e. The van der Waals surface area contributed by atoms with Gasteiger partial charge in [-0.15, -0.1) is 0 Å². The minimum absolute atomic E-state index is 0.202. The summed E-state index contributed by atoms with van der Waals surface area (Å²) in [6.45, 7) is 1.84. The second-order valence-corrected chi connectivity index (χ2v) is 3.48. The van der Waals surface area contributed by atoms with Gasteiger partial charge in [0.2, 0.25) is 5.91 Å². The summed E-state index contributed by atoms with van der Waals surface area (Å²) in [5, 5.41) is 2.49. The Kier molecular flexibility index (Phi) is 5.87. The lowest BCUT2D eigenvalue weighted by Gasteiger charge is -2.08. The fourth-order valence-electron chi connectivity index (χ4n) is 1.20. The van der Waals surface area contributed by atoms with Gasteiger partial charge in [-0.25, -0.2) is 10.2 Å². The number of hydrazine groups is 1. The second-order valence-electron chi connectivity index (χ2n) is 3.48. The Morgan fingerprint density at radius 1 is 1.11 bits per heavy atom. The van der Waals surface area contributed by atoms with E-state index < -0.39 is 24.3 Å². The van der Waals surface area contributed by atoms with E-state index in [1.165, 1.54) is 0 Å². The third-order valence-corrected chi connectivity index (χ3v) is 1.96. The predicted molar refractivity (Wildman–Crippen MR) is 68.0 cm³/mol. The molecule has 1 aromatic carbocycles. The van der Waals surface area contributed by atoms with Crippen molar-refractivity contribution in [3.05, 3.63) is 30.3 Å². The molecule has 0 aromatic heterocycles. The molecule has 19 heavy (non-hydrogen) atoms. The Bertz CT molecular complexity index is 448. The molecule has 0 aliphatic heterocycles. The van der Waals surface area contributed by atoms with Crippen LogP contribution >= 0.6 is 0 Å². The molecule has 7 nitrogen and oxygen atoms in total. The lowest BCUT2D eigenvalue weighted by Crippen LogP contribution is -2.44. The van der Waals surface area contributed by atoms with Crippen LogP contribution in [-0.2, 0) is 14.3 Å². The van der Waals surface area contributed by atoms with Gasteiger partial charge in [0, 0.05) is 5.69 Å². The molecule has 1 rings (SSSR count). The van der Waals surface area contributed by atoms with Crippen LogP contribution in [0.15, 0.2) is 30.3 Å². The zero-order chi connectivity index (χ0) is 14.1. The highest BCUT2D eigenvalue weighted by atomic mass is 16.5. The van der Waals surface area contributed by atoms with E-state index in [1.54, 1.807) is 31.2 Å². The van der Waals surface area contributed by atoms with Crippen LogP contribution in [0.3, 0.4) is 0 Å². The van der Waals surface area contributed by atoms with Gasteiger partial charge in [0.05, 0.1) is 6.61 Å². The van der Waals surface area contributed by atoms with Crippen LogP contribution < -0.4 is 16.2 Å². The lowest BCUT2D eigenvalue weighted by molar-refractivity contribution is -0.146. The third-order valence-electron chi connectivity index (χ3n) is 1.96. The zero-order valence-corrected chi connectivity index (χ0v) is 10.4. The average molecular weight is 265 g/mol. The first-order chi connectivity index (χ1) is 9.11. The first-order valence-electron chi connectivity index (χ1n) is 5.68. The fourth-order valence-corrected chi connectivity index (χ4v) is 1.20. The minimum atomic E-state index is -0.651. The number of carbonyl (C=O) groups excluding carboxylic acids is 3. The molecule has 0 unspecified atom stereocenters. The Hall–Kier alpha value is -2.57. The molecule has 1 aromatic rings. The van der Waals surface area contributed by atoms with Crippen LogP contribution in [0.25, 0.3) is 0 Å². The fraction of sp³-hybridized carbons (Fsp3) is 0.250. The molecular formula is C12H15N3O4. The number of benzene rings is 1. The molecule has 0 radical (unpaired) electrons. The van der Waals surface area contributed by atoms with E-state index in [4.69, 9.17) is 0 Å². The number of para-hydroxylation sites is 1. The van der Waals surface area contributed by atoms with Crippen LogP contribution in [0, 0.1) is 0 Å². The number of ether oxygens (including phenoxy) is 1. The van der Waals surface area contributed by atoms with E-state index in [-0.39, 0.29) is 6.61 Å². The van der Waals surface area contributed by atoms with Crippen molar-refractivity contribution >= 4 is 23.6 Å². The molecule has 3 N–H and O–H groups in total. The highest BCUT2D eigenvalue weighted by molar-refractivity contribution is 5.96. The Labute approximate surface area is 110 Å². The molecule has 0 heterocycles. The SMILES string of the molecule is CCOC(=O)CC(=O)NNC(=O)Nc1ccccc1. The van der Waals surface area contributed by atoms with E-state index in [9.17, 15) is 14.4 Å². The summed E-state index contributed by atoms with van der Waals surface area (Å²) in [6.07, 6.45) is -0.445. The van der Waals surface area contributed by atoms with Gasteiger partial charge in [0.1, 0.15) is 6.42 Å². The number of anilines is 1. The van der Waals surface area contributed by atoms with Crippen LogP contribution in [0.2, 0.25) is 0 Å². The number of carbonyl (C=O) groups is 3. The molecule has 0 spiro atoms. The number of rotatable bonds is 4. The van der Waals surface area contributed by atoms with Gasteiger partial charge in [-0.1, -0.05) is 18.2 Å². The van der Waals surface area contributed by atoms with E-state index in [0.29, 0.717) is 5.69 Å². The van der Waals surface area contributed by atoms with E-state index >= 15 is 0 Å². The summed E-state index contributed by atoms with van der Waals surface area (Å²) in [5.41, 5.74) is 4.79. The second kappa shape index (κ2) is 7.70. The molecular weight excluding hydrogens is 250 g/mol. The van der Waals surface area contributed by atoms with E-state index in [0.717, 1.165) is 0 Å².